The van der Waals surface area contributed by atoms with Crippen LogP contribution < -0.4 is 5.73 Å². The van der Waals surface area contributed by atoms with Gasteiger partial charge in [-0.3, -0.25) is 0 Å². The lowest BCUT2D eigenvalue weighted by Crippen LogP contribution is -2.00. The van der Waals surface area contributed by atoms with Gasteiger partial charge < -0.3 is 5.73 Å². The molecule has 1 rings (SSSR count). The number of nitriles is 1. The third kappa shape index (κ3) is 2.50. The average molecular weight is 229 g/mol. The zero-order valence-electron chi connectivity index (χ0n) is 7.62. The van der Waals surface area contributed by atoms with Crippen molar-refractivity contribution >= 4 is 29.2 Å². The van der Waals surface area contributed by atoms with E-state index in [0.29, 0.717) is 5.03 Å². The quantitative estimate of drug-likeness (QED) is 0.802. The van der Waals surface area contributed by atoms with Crippen molar-refractivity contribution in [2.75, 3.05) is 11.5 Å². The van der Waals surface area contributed by atoms with E-state index in [4.69, 9.17) is 22.6 Å². The number of nitrogens with zero attached hydrogens (tertiary/aromatic N) is 3. The summed E-state index contributed by atoms with van der Waals surface area (Å²) in [5.74, 6) is 1.04. The van der Waals surface area contributed by atoms with Gasteiger partial charge >= 0.3 is 0 Å². The summed E-state index contributed by atoms with van der Waals surface area (Å²) in [6.45, 7) is 2.06. The Morgan fingerprint density at radius 2 is 2.29 bits per heavy atom. The number of rotatable bonds is 3. The van der Waals surface area contributed by atoms with E-state index >= 15 is 0 Å². The monoisotopic (exact) mass is 228 g/mol. The minimum Gasteiger partial charge on any atom is -0.381 e. The van der Waals surface area contributed by atoms with E-state index < -0.39 is 0 Å². The molecule has 0 amide bonds. The first-order valence-corrected chi connectivity index (χ1v) is 5.41. The number of thioether (sulfide) groups is 1. The molecule has 0 aliphatic rings. The molecule has 0 saturated heterocycles. The number of hydrogen-bond acceptors (Lipinski definition) is 5. The summed E-state index contributed by atoms with van der Waals surface area (Å²) in [4.78, 5) is 7.84. The molecular weight excluding hydrogens is 220 g/mol. The van der Waals surface area contributed by atoms with Crippen LogP contribution in [-0.2, 0) is 0 Å². The summed E-state index contributed by atoms with van der Waals surface area (Å²) in [6.07, 6.45) is 1.02. The first-order chi connectivity index (χ1) is 6.69. The van der Waals surface area contributed by atoms with Crippen molar-refractivity contribution in [1.82, 2.24) is 9.97 Å². The molecule has 4 nitrogen and oxygen atoms in total. The zero-order valence-corrected chi connectivity index (χ0v) is 9.19. The Balaban J connectivity index is 2.98. The number of anilines is 1. The number of hydrogen-bond donors (Lipinski definition) is 1. The fourth-order valence-electron chi connectivity index (χ4n) is 0.785. The van der Waals surface area contributed by atoms with E-state index in [1.807, 2.05) is 6.07 Å². The lowest BCUT2D eigenvalue weighted by Gasteiger charge is -2.03. The molecule has 0 aliphatic carbocycles. The lowest BCUT2D eigenvalue weighted by molar-refractivity contribution is 1.04. The SMILES string of the molecule is CCCSc1nc(N)c(C#N)nc1Cl. The van der Waals surface area contributed by atoms with Gasteiger partial charge in [-0.15, -0.1) is 11.8 Å². The van der Waals surface area contributed by atoms with Crippen LogP contribution in [0.15, 0.2) is 5.03 Å². The van der Waals surface area contributed by atoms with Crippen molar-refractivity contribution in [2.24, 2.45) is 0 Å². The Kier molecular flexibility index (Phi) is 3.98. The highest BCUT2D eigenvalue weighted by molar-refractivity contribution is 7.99. The molecule has 0 atom stereocenters. The Morgan fingerprint density at radius 3 is 2.86 bits per heavy atom. The van der Waals surface area contributed by atoms with Gasteiger partial charge in [-0.25, -0.2) is 9.97 Å². The second-order valence-corrected chi connectivity index (χ2v) is 3.96. The molecule has 6 heteroatoms. The van der Waals surface area contributed by atoms with Gasteiger partial charge in [0, 0.05) is 0 Å². The predicted octanol–water partition coefficient (Wildman–Crippen LogP) is 2.09. The van der Waals surface area contributed by atoms with Gasteiger partial charge in [0.15, 0.2) is 16.7 Å². The van der Waals surface area contributed by atoms with Crippen LogP contribution in [0.4, 0.5) is 5.82 Å². The fraction of sp³-hybridized carbons (Fsp3) is 0.375. The summed E-state index contributed by atoms with van der Waals surface area (Å²) in [6, 6.07) is 1.83. The zero-order chi connectivity index (χ0) is 10.6. The normalized spacial score (nSPS) is 9.79. The highest BCUT2D eigenvalue weighted by Gasteiger charge is 2.09. The van der Waals surface area contributed by atoms with Crippen LogP contribution in [0.1, 0.15) is 19.0 Å². The van der Waals surface area contributed by atoms with E-state index in [1.54, 1.807) is 0 Å². The molecule has 0 saturated carbocycles. The Hall–Kier alpha value is -0.990. The number of nitrogens with two attached hydrogens (primary N) is 1. The smallest absolute Gasteiger partial charge is 0.184 e. The first-order valence-electron chi connectivity index (χ1n) is 4.05. The van der Waals surface area contributed by atoms with Crippen LogP contribution >= 0.6 is 23.4 Å². The highest BCUT2D eigenvalue weighted by Crippen LogP contribution is 2.25. The van der Waals surface area contributed by atoms with Crippen LogP contribution in [0.2, 0.25) is 5.15 Å². The van der Waals surface area contributed by atoms with Crippen LogP contribution in [0, 0.1) is 11.3 Å². The van der Waals surface area contributed by atoms with Gasteiger partial charge in [-0.2, -0.15) is 5.26 Å². The maximum atomic E-state index is 8.61. The van der Waals surface area contributed by atoms with Crippen LogP contribution in [0.25, 0.3) is 0 Å². The van der Waals surface area contributed by atoms with Gasteiger partial charge in [-0.1, -0.05) is 18.5 Å². The third-order valence-electron chi connectivity index (χ3n) is 1.40. The molecule has 0 aromatic carbocycles. The summed E-state index contributed by atoms with van der Waals surface area (Å²) >= 11 is 7.30. The van der Waals surface area contributed by atoms with Crippen LogP contribution in [-0.4, -0.2) is 15.7 Å². The molecule has 0 radical (unpaired) electrons. The van der Waals surface area contributed by atoms with E-state index in [-0.39, 0.29) is 16.7 Å². The van der Waals surface area contributed by atoms with Crippen molar-refractivity contribution in [3.63, 3.8) is 0 Å². The minimum absolute atomic E-state index is 0.0795. The van der Waals surface area contributed by atoms with Gasteiger partial charge in [0.05, 0.1) is 0 Å². The van der Waals surface area contributed by atoms with E-state index in [1.165, 1.54) is 11.8 Å². The molecule has 14 heavy (non-hydrogen) atoms. The average Bonchev–Trinajstić information content (AvgIpc) is 2.18. The molecule has 1 aromatic heterocycles. The van der Waals surface area contributed by atoms with Crippen molar-refractivity contribution in [3.8, 4) is 6.07 Å². The molecular formula is C8H9ClN4S. The van der Waals surface area contributed by atoms with Crippen LogP contribution in [0.5, 0.6) is 0 Å². The maximum absolute atomic E-state index is 8.61. The lowest BCUT2D eigenvalue weighted by atomic mass is 10.4. The van der Waals surface area contributed by atoms with Gasteiger partial charge in [0.1, 0.15) is 11.1 Å². The third-order valence-corrected chi connectivity index (χ3v) is 2.95. The Morgan fingerprint density at radius 1 is 1.57 bits per heavy atom. The molecule has 0 fully saturated rings. The van der Waals surface area contributed by atoms with Gasteiger partial charge in [0.25, 0.3) is 0 Å². The van der Waals surface area contributed by atoms with E-state index in [0.717, 1.165) is 12.2 Å². The predicted molar refractivity (Wildman–Crippen MR) is 57.2 cm³/mol. The first kappa shape index (κ1) is 11.1. The standard InChI is InChI=1S/C8H9ClN4S/c1-2-3-14-8-6(9)12-5(4-10)7(11)13-8/h2-3H2,1H3,(H2,11,13). The van der Waals surface area contributed by atoms with Crippen molar-refractivity contribution in [1.29, 1.82) is 5.26 Å². The molecule has 1 aromatic rings. The minimum atomic E-state index is 0.0795. The molecule has 1 heterocycles. The molecule has 0 unspecified atom stereocenters. The molecule has 0 aliphatic heterocycles. The second kappa shape index (κ2) is 5.03. The molecule has 2 N–H and O–H groups in total. The number of halogens is 1. The number of aromatic nitrogens is 2. The molecule has 74 valence electrons. The number of nitrogen functional groups attached to an aromatic ring is 1. The van der Waals surface area contributed by atoms with Crippen LogP contribution in [0.3, 0.4) is 0 Å². The van der Waals surface area contributed by atoms with E-state index in [9.17, 15) is 0 Å². The van der Waals surface area contributed by atoms with Gasteiger partial charge in [-0.05, 0) is 12.2 Å². The maximum Gasteiger partial charge on any atom is 0.184 e. The molecule has 0 spiro atoms. The Labute approximate surface area is 91.5 Å². The highest BCUT2D eigenvalue weighted by atomic mass is 35.5. The Bertz CT molecular complexity index is 374. The summed E-state index contributed by atoms with van der Waals surface area (Å²) in [5.41, 5.74) is 5.58. The second-order valence-electron chi connectivity index (χ2n) is 2.51. The summed E-state index contributed by atoms with van der Waals surface area (Å²) < 4.78 is 0. The van der Waals surface area contributed by atoms with Gasteiger partial charge in [0.2, 0.25) is 0 Å². The van der Waals surface area contributed by atoms with Crippen molar-refractivity contribution in [3.05, 3.63) is 10.8 Å². The summed E-state index contributed by atoms with van der Waals surface area (Å²) in [5, 5.41) is 9.44. The topological polar surface area (TPSA) is 75.6 Å². The summed E-state index contributed by atoms with van der Waals surface area (Å²) in [7, 11) is 0. The largest absolute Gasteiger partial charge is 0.381 e. The molecule has 0 bridgehead atoms. The van der Waals surface area contributed by atoms with Crippen molar-refractivity contribution < 1.29 is 0 Å². The fourth-order valence-corrected chi connectivity index (χ4v) is 1.80. The van der Waals surface area contributed by atoms with E-state index in [2.05, 4.69) is 16.9 Å². The van der Waals surface area contributed by atoms with Crippen molar-refractivity contribution in [2.45, 2.75) is 18.4 Å².